The lowest BCUT2D eigenvalue weighted by Crippen LogP contribution is -2.30. The fourth-order valence-electron chi connectivity index (χ4n) is 3.55. The molecular formula is C21H21FN4O. The van der Waals surface area contributed by atoms with E-state index in [9.17, 15) is 9.18 Å². The van der Waals surface area contributed by atoms with Gasteiger partial charge in [-0.1, -0.05) is 18.2 Å². The molecule has 4 aromatic rings. The summed E-state index contributed by atoms with van der Waals surface area (Å²) in [6, 6.07) is 12.5. The van der Waals surface area contributed by atoms with Crippen molar-refractivity contribution in [1.82, 2.24) is 19.4 Å². The largest absolute Gasteiger partial charge is 0.342 e. The van der Waals surface area contributed by atoms with Crippen LogP contribution in [0.15, 0.2) is 42.5 Å². The number of benzene rings is 2. The molecule has 0 saturated carbocycles. The van der Waals surface area contributed by atoms with Crippen LogP contribution in [0.5, 0.6) is 0 Å². The van der Waals surface area contributed by atoms with E-state index in [2.05, 4.69) is 9.97 Å². The van der Waals surface area contributed by atoms with Gasteiger partial charge in [0.25, 0.3) is 5.91 Å². The number of para-hydroxylation sites is 1. The minimum absolute atomic E-state index is 0.0322. The highest BCUT2D eigenvalue weighted by atomic mass is 19.1. The van der Waals surface area contributed by atoms with E-state index in [1.165, 1.54) is 12.1 Å². The Morgan fingerprint density at radius 2 is 2.07 bits per heavy atom. The molecule has 2 heterocycles. The number of halogens is 1. The number of carbonyl (C=O) groups is 1. The van der Waals surface area contributed by atoms with Gasteiger partial charge in [-0.05, 0) is 36.8 Å². The molecule has 1 N–H and O–H groups in total. The van der Waals surface area contributed by atoms with Crippen LogP contribution in [0.25, 0.3) is 21.9 Å². The van der Waals surface area contributed by atoms with Gasteiger partial charge in [-0.3, -0.25) is 4.79 Å². The molecule has 1 amide bonds. The molecule has 0 radical (unpaired) electrons. The highest BCUT2D eigenvalue weighted by Gasteiger charge is 2.18. The molecule has 0 saturated heterocycles. The van der Waals surface area contributed by atoms with Crippen molar-refractivity contribution in [1.29, 1.82) is 0 Å². The first kappa shape index (κ1) is 17.3. The molecule has 6 heteroatoms. The summed E-state index contributed by atoms with van der Waals surface area (Å²) in [7, 11) is 3.71. The van der Waals surface area contributed by atoms with Crippen LogP contribution in [0, 0.1) is 12.7 Å². The van der Waals surface area contributed by atoms with Crippen molar-refractivity contribution in [2.75, 3.05) is 13.6 Å². The van der Waals surface area contributed by atoms with Crippen molar-refractivity contribution >= 4 is 27.8 Å². The predicted molar refractivity (Wildman–Crippen MR) is 104 cm³/mol. The van der Waals surface area contributed by atoms with E-state index in [0.717, 1.165) is 27.8 Å². The molecule has 0 aliphatic heterocycles. The number of aromatic nitrogens is 3. The number of amides is 1. The second-order valence-electron chi connectivity index (χ2n) is 6.92. The van der Waals surface area contributed by atoms with Crippen molar-refractivity contribution < 1.29 is 9.18 Å². The molecule has 0 unspecified atom stereocenters. The lowest BCUT2D eigenvalue weighted by atomic mass is 10.2. The fraction of sp³-hybridized carbons (Fsp3) is 0.238. The topological polar surface area (TPSA) is 53.9 Å². The number of imidazole rings is 1. The van der Waals surface area contributed by atoms with E-state index >= 15 is 0 Å². The predicted octanol–water partition coefficient (Wildman–Crippen LogP) is 3.82. The summed E-state index contributed by atoms with van der Waals surface area (Å²) in [6.45, 7) is 2.56. The Hall–Kier alpha value is -3.15. The molecule has 27 heavy (non-hydrogen) atoms. The number of aryl methyl sites for hydroxylation is 2. The Morgan fingerprint density at radius 3 is 2.85 bits per heavy atom. The summed E-state index contributed by atoms with van der Waals surface area (Å²) < 4.78 is 15.3. The Balaban J connectivity index is 1.52. The smallest absolute Gasteiger partial charge is 0.270 e. The van der Waals surface area contributed by atoms with Gasteiger partial charge in [-0.2, -0.15) is 0 Å². The van der Waals surface area contributed by atoms with Crippen molar-refractivity contribution in [3.8, 4) is 0 Å². The summed E-state index contributed by atoms with van der Waals surface area (Å²) in [5, 5.41) is 1.06. The minimum atomic E-state index is -0.295. The summed E-state index contributed by atoms with van der Waals surface area (Å²) >= 11 is 0. The number of hydrogen-bond donors (Lipinski definition) is 1. The Kier molecular flexibility index (Phi) is 4.18. The van der Waals surface area contributed by atoms with E-state index in [1.54, 1.807) is 18.0 Å². The number of hydrogen-bond acceptors (Lipinski definition) is 2. The molecule has 0 aliphatic rings. The maximum Gasteiger partial charge on any atom is 0.270 e. The molecule has 2 aromatic heterocycles. The highest BCUT2D eigenvalue weighted by molar-refractivity contribution is 5.99. The van der Waals surface area contributed by atoms with E-state index < -0.39 is 0 Å². The molecule has 5 nitrogen and oxygen atoms in total. The van der Waals surface area contributed by atoms with Gasteiger partial charge in [0.1, 0.15) is 17.3 Å². The van der Waals surface area contributed by atoms with Crippen LogP contribution >= 0.6 is 0 Å². The van der Waals surface area contributed by atoms with Gasteiger partial charge in [-0.25, -0.2) is 9.37 Å². The first-order chi connectivity index (χ1) is 12.9. The van der Waals surface area contributed by atoms with Crippen LogP contribution in [0.4, 0.5) is 4.39 Å². The third-order valence-electron chi connectivity index (χ3n) is 5.00. The number of nitrogens with zero attached hydrogens (tertiary/aromatic N) is 3. The lowest BCUT2D eigenvalue weighted by molar-refractivity contribution is 0.0787. The second-order valence-corrected chi connectivity index (χ2v) is 6.92. The third kappa shape index (κ3) is 3.07. The molecule has 0 atom stereocenters. The second kappa shape index (κ2) is 6.54. The maximum atomic E-state index is 13.3. The van der Waals surface area contributed by atoms with Gasteiger partial charge in [-0.15, -0.1) is 0 Å². The van der Waals surface area contributed by atoms with Gasteiger partial charge < -0.3 is 14.5 Å². The van der Waals surface area contributed by atoms with Crippen LogP contribution in [0.3, 0.4) is 0 Å². The third-order valence-corrected chi connectivity index (χ3v) is 5.00. The first-order valence-corrected chi connectivity index (χ1v) is 8.88. The van der Waals surface area contributed by atoms with Crippen LogP contribution in [-0.4, -0.2) is 38.9 Å². The van der Waals surface area contributed by atoms with Crippen molar-refractivity contribution in [3.63, 3.8) is 0 Å². The number of carbonyl (C=O) groups excluding carboxylic acids is 1. The van der Waals surface area contributed by atoms with Crippen molar-refractivity contribution in [3.05, 3.63) is 65.4 Å². The SMILES string of the molecule is Cc1cccc2cc(C(=O)N(C)CCc3nc4ccc(F)cc4[nH]3)n(C)c12. The first-order valence-electron chi connectivity index (χ1n) is 8.88. The van der Waals surface area contributed by atoms with E-state index in [4.69, 9.17) is 0 Å². The number of fused-ring (bicyclic) bond motifs is 2. The maximum absolute atomic E-state index is 13.3. The zero-order valence-corrected chi connectivity index (χ0v) is 15.6. The standard InChI is InChI=1S/C21H21FN4O/c1-13-5-4-6-14-11-18(26(3)20(13)14)21(27)25(2)10-9-19-23-16-8-7-15(22)12-17(16)24-19/h4-8,11-12H,9-10H2,1-3H3,(H,23,24). The molecule has 0 bridgehead atoms. The zero-order valence-electron chi connectivity index (χ0n) is 15.6. The summed E-state index contributed by atoms with van der Waals surface area (Å²) in [6.07, 6.45) is 0.571. The van der Waals surface area contributed by atoms with E-state index in [-0.39, 0.29) is 11.7 Å². The zero-order chi connectivity index (χ0) is 19.1. The Labute approximate surface area is 156 Å². The summed E-state index contributed by atoms with van der Waals surface area (Å²) in [4.78, 5) is 22.2. The number of aromatic amines is 1. The number of nitrogens with one attached hydrogen (secondary N) is 1. The number of likely N-dealkylation sites (N-methyl/N-ethyl adjacent to an activating group) is 1. The van der Waals surface area contributed by atoms with Gasteiger partial charge in [0.15, 0.2) is 0 Å². The van der Waals surface area contributed by atoms with Crippen LogP contribution < -0.4 is 0 Å². The van der Waals surface area contributed by atoms with Gasteiger partial charge in [0.05, 0.1) is 16.6 Å². The normalized spacial score (nSPS) is 11.4. The fourth-order valence-corrected chi connectivity index (χ4v) is 3.55. The molecule has 0 aliphatic carbocycles. The highest BCUT2D eigenvalue weighted by Crippen LogP contribution is 2.23. The Bertz CT molecular complexity index is 1160. The van der Waals surface area contributed by atoms with Crippen molar-refractivity contribution in [2.45, 2.75) is 13.3 Å². The van der Waals surface area contributed by atoms with Crippen LogP contribution in [0.2, 0.25) is 0 Å². The quantitative estimate of drug-likeness (QED) is 0.599. The average molecular weight is 364 g/mol. The van der Waals surface area contributed by atoms with E-state index in [0.29, 0.717) is 24.2 Å². The molecule has 2 aromatic carbocycles. The Morgan fingerprint density at radius 1 is 1.26 bits per heavy atom. The van der Waals surface area contributed by atoms with Gasteiger partial charge >= 0.3 is 0 Å². The van der Waals surface area contributed by atoms with E-state index in [1.807, 2.05) is 42.8 Å². The molecule has 0 fully saturated rings. The summed E-state index contributed by atoms with van der Waals surface area (Å²) in [5.41, 5.74) is 4.28. The average Bonchev–Trinajstić information content (AvgIpc) is 3.20. The summed E-state index contributed by atoms with van der Waals surface area (Å²) in [5.74, 6) is 0.412. The van der Waals surface area contributed by atoms with Crippen molar-refractivity contribution in [2.24, 2.45) is 7.05 Å². The molecule has 138 valence electrons. The lowest BCUT2D eigenvalue weighted by Gasteiger charge is -2.17. The van der Waals surface area contributed by atoms with Gasteiger partial charge in [0.2, 0.25) is 0 Å². The van der Waals surface area contributed by atoms with Crippen LogP contribution in [-0.2, 0) is 13.5 Å². The molecule has 0 spiro atoms. The molecule has 4 rings (SSSR count). The van der Waals surface area contributed by atoms with Crippen LogP contribution in [0.1, 0.15) is 21.9 Å². The monoisotopic (exact) mass is 364 g/mol. The molecular weight excluding hydrogens is 343 g/mol. The number of rotatable bonds is 4. The van der Waals surface area contributed by atoms with Gasteiger partial charge in [0, 0.05) is 32.4 Å². The number of H-pyrrole nitrogens is 1. The minimum Gasteiger partial charge on any atom is -0.342 e.